The van der Waals surface area contributed by atoms with Crippen molar-refractivity contribution in [3.05, 3.63) is 65.7 Å². The third kappa shape index (κ3) is 4.37. The van der Waals surface area contributed by atoms with Crippen LogP contribution in [0, 0.1) is 0 Å². The normalized spacial score (nSPS) is 19.4. The molecule has 5 rings (SSSR count). The van der Waals surface area contributed by atoms with Crippen LogP contribution >= 0.6 is 11.3 Å². The number of fused-ring (bicyclic) bond motifs is 1. The summed E-state index contributed by atoms with van der Waals surface area (Å²) in [6, 6.07) is 13.9. The summed E-state index contributed by atoms with van der Waals surface area (Å²) in [5.74, 6) is -0.350. The van der Waals surface area contributed by atoms with E-state index >= 15 is 0 Å². The first-order valence-corrected chi connectivity index (χ1v) is 13.2. The highest BCUT2D eigenvalue weighted by molar-refractivity contribution is 7.89. The van der Waals surface area contributed by atoms with Gasteiger partial charge in [-0.1, -0.05) is 18.2 Å². The Hall–Kier alpha value is -3.05. The molecule has 1 saturated heterocycles. The van der Waals surface area contributed by atoms with Crippen LogP contribution in [-0.2, 0) is 14.8 Å². The topological polar surface area (TPSA) is 104 Å². The minimum atomic E-state index is -3.66. The molecule has 1 aliphatic heterocycles. The molecule has 176 valence electrons. The summed E-state index contributed by atoms with van der Waals surface area (Å²) in [7, 11) is -3.66. The Balaban J connectivity index is 1.30. The Morgan fingerprint density at radius 2 is 1.82 bits per heavy atom. The van der Waals surface area contributed by atoms with E-state index in [4.69, 9.17) is 4.74 Å². The van der Waals surface area contributed by atoms with Gasteiger partial charge in [-0.05, 0) is 44.2 Å². The molecule has 2 aromatic carbocycles. The summed E-state index contributed by atoms with van der Waals surface area (Å²) in [5.41, 5.74) is 3.11. The van der Waals surface area contributed by atoms with E-state index in [2.05, 4.69) is 15.3 Å². The van der Waals surface area contributed by atoms with E-state index < -0.39 is 10.0 Å². The number of carbonyl (C=O) groups excluding carboxylic acids is 1. The molecule has 0 bridgehead atoms. The molecule has 8 nitrogen and oxygen atoms in total. The number of carbonyl (C=O) groups is 1. The standard InChI is InChI=1S/C24H24N4O4S2/c1-15-12-28(13-16(2)32-15)34(30,31)18-9-7-17(8-10-18)23(29)27-24-26-22(14-33-24)20-11-25-21-6-4-3-5-19(20)21/h3-11,14-16,25H,12-13H2,1-2H3,(H,26,27,29). The number of morpholine rings is 1. The van der Waals surface area contributed by atoms with E-state index in [1.54, 1.807) is 0 Å². The number of thiazole rings is 1. The first kappa shape index (κ1) is 22.7. The van der Waals surface area contributed by atoms with Gasteiger partial charge < -0.3 is 9.72 Å². The monoisotopic (exact) mass is 496 g/mol. The Bertz CT molecular complexity index is 1430. The number of ether oxygens (including phenoxy) is 1. The molecule has 2 aromatic heterocycles. The smallest absolute Gasteiger partial charge is 0.257 e. The van der Waals surface area contributed by atoms with E-state index in [9.17, 15) is 13.2 Å². The Morgan fingerprint density at radius 1 is 1.12 bits per heavy atom. The van der Waals surface area contributed by atoms with Crippen molar-refractivity contribution < 1.29 is 17.9 Å². The van der Waals surface area contributed by atoms with Crippen molar-refractivity contribution in [2.75, 3.05) is 18.4 Å². The predicted molar refractivity (Wildman–Crippen MR) is 133 cm³/mol. The second kappa shape index (κ2) is 8.95. The van der Waals surface area contributed by atoms with Crippen molar-refractivity contribution in [1.29, 1.82) is 0 Å². The van der Waals surface area contributed by atoms with Gasteiger partial charge in [-0.15, -0.1) is 11.3 Å². The third-order valence-electron chi connectivity index (χ3n) is 5.73. The molecule has 0 aliphatic carbocycles. The SMILES string of the molecule is CC1CN(S(=O)(=O)c2ccc(C(=O)Nc3nc(-c4c[nH]c5ccccc45)cs3)cc2)CC(C)O1. The van der Waals surface area contributed by atoms with Gasteiger partial charge in [-0.3, -0.25) is 10.1 Å². The number of para-hydroxylation sites is 1. The van der Waals surface area contributed by atoms with Crippen molar-refractivity contribution in [3.63, 3.8) is 0 Å². The van der Waals surface area contributed by atoms with Crippen LogP contribution in [-0.4, -0.2) is 53.9 Å². The number of aromatic nitrogens is 2. The number of hydrogen-bond acceptors (Lipinski definition) is 6. The van der Waals surface area contributed by atoms with Crippen molar-refractivity contribution in [3.8, 4) is 11.3 Å². The molecule has 1 fully saturated rings. The van der Waals surface area contributed by atoms with Crippen LogP contribution in [0.25, 0.3) is 22.2 Å². The van der Waals surface area contributed by atoms with Crippen LogP contribution < -0.4 is 5.32 Å². The molecule has 2 atom stereocenters. The van der Waals surface area contributed by atoms with Gasteiger partial charge in [0.1, 0.15) is 0 Å². The van der Waals surface area contributed by atoms with Crippen LogP contribution in [0.5, 0.6) is 0 Å². The number of rotatable bonds is 5. The maximum Gasteiger partial charge on any atom is 0.257 e. The van der Waals surface area contributed by atoms with Crippen molar-refractivity contribution in [2.24, 2.45) is 0 Å². The average molecular weight is 497 g/mol. The second-order valence-corrected chi connectivity index (χ2v) is 11.1. The van der Waals surface area contributed by atoms with Crippen LogP contribution in [0.3, 0.4) is 0 Å². The molecule has 2 unspecified atom stereocenters. The van der Waals surface area contributed by atoms with E-state index in [1.807, 2.05) is 49.7 Å². The lowest BCUT2D eigenvalue weighted by atomic mass is 10.1. The maximum absolute atomic E-state index is 13.0. The van der Waals surface area contributed by atoms with Crippen molar-refractivity contribution in [2.45, 2.75) is 31.0 Å². The molecule has 2 N–H and O–H groups in total. The fourth-order valence-corrected chi connectivity index (χ4v) is 6.46. The number of benzene rings is 2. The van der Waals surface area contributed by atoms with Gasteiger partial charge in [0.05, 0.1) is 22.8 Å². The number of amides is 1. The lowest BCUT2D eigenvalue weighted by molar-refractivity contribution is -0.0440. The number of hydrogen-bond donors (Lipinski definition) is 2. The van der Waals surface area contributed by atoms with Gasteiger partial charge in [0.15, 0.2) is 5.13 Å². The van der Waals surface area contributed by atoms with E-state index in [0.29, 0.717) is 23.8 Å². The highest BCUT2D eigenvalue weighted by atomic mass is 32.2. The summed E-state index contributed by atoms with van der Waals surface area (Å²) in [6.45, 7) is 4.32. The minimum Gasteiger partial charge on any atom is -0.373 e. The Morgan fingerprint density at radius 3 is 2.56 bits per heavy atom. The summed E-state index contributed by atoms with van der Waals surface area (Å²) >= 11 is 1.33. The molecule has 34 heavy (non-hydrogen) atoms. The predicted octanol–water partition coefficient (Wildman–Crippen LogP) is 4.34. The van der Waals surface area contributed by atoms with Gasteiger partial charge in [0.2, 0.25) is 10.0 Å². The Labute approximate surface area is 201 Å². The molecule has 1 aliphatic rings. The number of nitrogens with zero attached hydrogens (tertiary/aromatic N) is 2. The first-order valence-electron chi connectivity index (χ1n) is 10.9. The fraction of sp³-hybridized carbons (Fsp3) is 0.250. The van der Waals surface area contributed by atoms with Crippen LogP contribution in [0.1, 0.15) is 24.2 Å². The molecular weight excluding hydrogens is 472 g/mol. The summed E-state index contributed by atoms with van der Waals surface area (Å²) in [4.78, 5) is 20.7. The molecular formula is C24H24N4O4S2. The van der Waals surface area contributed by atoms with Gasteiger partial charge in [-0.25, -0.2) is 13.4 Å². The van der Waals surface area contributed by atoms with Crippen LogP contribution in [0.2, 0.25) is 0 Å². The highest BCUT2D eigenvalue weighted by Crippen LogP contribution is 2.31. The molecule has 0 saturated carbocycles. The number of H-pyrrole nitrogens is 1. The van der Waals surface area contributed by atoms with E-state index in [1.165, 1.54) is 39.9 Å². The molecule has 3 heterocycles. The average Bonchev–Trinajstić information content (AvgIpc) is 3.45. The fourth-order valence-electron chi connectivity index (χ4n) is 4.16. The highest BCUT2D eigenvalue weighted by Gasteiger charge is 2.32. The van der Waals surface area contributed by atoms with Crippen molar-refractivity contribution >= 4 is 43.3 Å². The lowest BCUT2D eigenvalue weighted by Gasteiger charge is -2.34. The zero-order valence-corrected chi connectivity index (χ0v) is 20.3. The zero-order valence-electron chi connectivity index (χ0n) is 18.7. The summed E-state index contributed by atoms with van der Waals surface area (Å²) < 4.78 is 33.1. The largest absolute Gasteiger partial charge is 0.373 e. The van der Waals surface area contributed by atoms with Crippen LogP contribution in [0.4, 0.5) is 5.13 Å². The molecule has 1 amide bonds. The molecule has 4 aromatic rings. The van der Waals surface area contributed by atoms with Gasteiger partial charge in [-0.2, -0.15) is 4.31 Å². The summed E-state index contributed by atoms with van der Waals surface area (Å²) in [6.07, 6.45) is 1.56. The van der Waals surface area contributed by atoms with E-state index in [0.717, 1.165) is 22.2 Å². The minimum absolute atomic E-state index is 0.154. The second-order valence-electron chi connectivity index (χ2n) is 8.34. The number of nitrogens with one attached hydrogen (secondary N) is 2. The van der Waals surface area contributed by atoms with Gasteiger partial charge in [0, 0.05) is 46.7 Å². The van der Waals surface area contributed by atoms with Crippen molar-refractivity contribution in [1.82, 2.24) is 14.3 Å². The first-order chi connectivity index (χ1) is 16.3. The Kier molecular flexibility index (Phi) is 5.98. The van der Waals surface area contributed by atoms with Gasteiger partial charge >= 0.3 is 0 Å². The number of anilines is 1. The zero-order chi connectivity index (χ0) is 23.9. The molecule has 0 radical (unpaired) electrons. The summed E-state index contributed by atoms with van der Waals surface area (Å²) in [5, 5.41) is 6.23. The van der Waals surface area contributed by atoms with E-state index in [-0.39, 0.29) is 23.0 Å². The van der Waals surface area contributed by atoms with Crippen LogP contribution in [0.15, 0.2) is 65.0 Å². The molecule has 0 spiro atoms. The number of aromatic amines is 1. The third-order valence-corrected chi connectivity index (χ3v) is 8.33. The quantitative estimate of drug-likeness (QED) is 0.428. The number of sulfonamides is 1. The maximum atomic E-state index is 13.0. The lowest BCUT2D eigenvalue weighted by Crippen LogP contribution is -2.48. The molecule has 10 heteroatoms. The van der Waals surface area contributed by atoms with Gasteiger partial charge in [0.25, 0.3) is 5.91 Å².